The average molecular weight is 283 g/mol. The van der Waals surface area contributed by atoms with Crippen molar-refractivity contribution in [1.29, 1.82) is 0 Å². The molecule has 2 rings (SSSR count). The number of hydrogen-bond acceptors (Lipinski definition) is 2. The first-order valence-corrected chi connectivity index (χ1v) is 6.72. The molecule has 5 heteroatoms. The SMILES string of the molecule is CCc1ccc(C(F)(F)F)c(C2=C(C=O)CCCC2)n1. The topological polar surface area (TPSA) is 30.0 Å². The van der Waals surface area contributed by atoms with E-state index < -0.39 is 11.7 Å². The Kier molecular flexibility index (Phi) is 4.26. The second kappa shape index (κ2) is 5.77. The summed E-state index contributed by atoms with van der Waals surface area (Å²) in [6.45, 7) is 1.84. The van der Waals surface area contributed by atoms with Crippen LogP contribution in [-0.2, 0) is 17.4 Å². The molecule has 0 spiro atoms. The van der Waals surface area contributed by atoms with Gasteiger partial charge in [-0.3, -0.25) is 9.78 Å². The van der Waals surface area contributed by atoms with Gasteiger partial charge >= 0.3 is 6.18 Å². The number of halogens is 3. The fraction of sp³-hybridized carbons (Fsp3) is 0.467. The molecule has 0 amide bonds. The van der Waals surface area contributed by atoms with E-state index in [2.05, 4.69) is 4.98 Å². The zero-order chi connectivity index (χ0) is 14.8. The van der Waals surface area contributed by atoms with Gasteiger partial charge in [0.1, 0.15) is 6.29 Å². The van der Waals surface area contributed by atoms with Gasteiger partial charge in [-0.1, -0.05) is 6.92 Å². The van der Waals surface area contributed by atoms with E-state index in [1.807, 2.05) is 6.92 Å². The van der Waals surface area contributed by atoms with E-state index in [-0.39, 0.29) is 5.69 Å². The molecule has 1 aromatic rings. The highest BCUT2D eigenvalue weighted by molar-refractivity contribution is 5.88. The van der Waals surface area contributed by atoms with Crippen molar-refractivity contribution < 1.29 is 18.0 Å². The molecule has 0 unspecified atom stereocenters. The molecule has 1 heterocycles. The molecular weight excluding hydrogens is 267 g/mol. The molecule has 108 valence electrons. The lowest BCUT2D eigenvalue weighted by Crippen LogP contribution is -2.14. The number of aldehydes is 1. The summed E-state index contributed by atoms with van der Waals surface area (Å²) in [5.41, 5.74) is 0.734. The maximum absolute atomic E-state index is 13.1. The van der Waals surface area contributed by atoms with E-state index in [1.165, 1.54) is 6.07 Å². The molecule has 0 radical (unpaired) electrons. The molecule has 1 aliphatic carbocycles. The van der Waals surface area contributed by atoms with Crippen molar-refractivity contribution in [3.8, 4) is 0 Å². The first kappa shape index (κ1) is 14.8. The Balaban J connectivity index is 2.64. The number of aryl methyl sites for hydroxylation is 1. The van der Waals surface area contributed by atoms with E-state index in [4.69, 9.17) is 0 Å². The number of alkyl halides is 3. The van der Waals surface area contributed by atoms with Crippen LogP contribution in [0.2, 0.25) is 0 Å². The zero-order valence-electron chi connectivity index (χ0n) is 11.3. The van der Waals surface area contributed by atoms with Gasteiger partial charge in [0.15, 0.2) is 0 Å². The van der Waals surface area contributed by atoms with Crippen LogP contribution in [0, 0.1) is 0 Å². The minimum absolute atomic E-state index is 0.0568. The van der Waals surface area contributed by atoms with E-state index >= 15 is 0 Å². The molecule has 20 heavy (non-hydrogen) atoms. The maximum atomic E-state index is 13.1. The molecule has 0 bridgehead atoms. The number of rotatable bonds is 3. The third-order valence-electron chi connectivity index (χ3n) is 3.56. The van der Waals surface area contributed by atoms with Crippen LogP contribution in [0.15, 0.2) is 17.7 Å². The quantitative estimate of drug-likeness (QED) is 0.778. The summed E-state index contributed by atoms with van der Waals surface area (Å²) in [5.74, 6) is 0. The van der Waals surface area contributed by atoms with Gasteiger partial charge in [-0.25, -0.2) is 0 Å². The predicted octanol–water partition coefficient (Wildman–Crippen LogP) is 4.19. The second-order valence-electron chi connectivity index (χ2n) is 4.88. The van der Waals surface area contributed by atoms with Crippen molar-refractivity contribution in [2.24, 2.45) is 0 Å². The van der Waals surface area contributed by atoms with Crippen molar-refractivity contribution in [2.75, 3.05) is 0 Å². The minimum atomic E-state index is -4.45. The number of hydrogen-bond donors (Lipinski definition) is 0. The summed E-state index contributed by atoms with van der Waals surface area (Å²) in [5, 5.41) is 0. The van der Waals surface area contributed by atoms with Gasteiger partial charge in [0.05, 0.1) is 11.3 Å². The number of carbonyl (C=O) groups is 1. The number of carbonyl (C=O) groups excluding carboxylic acids is 1. The van der Waals surface area contributed by atoms with Crippen LogP contribution in [-0.4, -0.2) is 11.3 Å². The summed E-state index contributed by atoms with van der Waals surface area (Å²) >= 11 is 0. The summed E-state index contributed by atoms with van der Waals surface area (Å²) in [6, 6.07) is 2.47. The highest BCUT2D eigenvalue weighted by Gasteiger charge is 2.35. The monoisotopic (exact) mass is 283 g/mol. The number of allylic oxidation sites excluding steroid dienone is 2. The third-order valence-corrected chi connectivity index (χ3v) is 3.56. The Morgan fingerprint density at radius 3 is 2.55 bits per heavy atom. The van der Waals surface area contributed by atoms with Gasteiger partial charge in [0.25, 0.3) is 0 Å². The number of nitrogens with zero attached hydrogens (tertiary/aromatic N) is 1. The van der Waals surface area contributed by atoms with Gasteiger partial charge < -0.3 is 0 Å². The molecule has 1 aromatic heterocycles. The highest BCUT2D eigenvalue weighted by atomic mass is 19.4. The van der Waals surface area contributed by atoms with Crippen LogP contribution >= 0.6 is 0 Å². The predicted molar refractivity (Wildman–Crippen MR) is 70.1 cm³/mol. The van der Waals surface area contributed by atoms with E-state index in [9.17, 15) is 18.0 Å². The van der Waals surface area contributed by atoms with Gasteiger partial charge in [-0.15, -0.1) is 0 Å². The van der Waals surface area contributed by atoms with Crippen LogP contribution in [0.3, 0.4) is 0 Å². The number of pyridine rings is 1. The van der Waals surface area contributed by atoms with Crippen molar-refractivity contribution in [3.05, 3.63) is 34.7 Å². The summed E-state index contributed by atoms with van der Waals surface area (Å²) < 4.78 is 39.4. The van der Waals surface area contributed by atoms with Gasteiger partial charge in [-0.05, 0) is 55.4 Å². The lowest BCUT2D eigenvalue weighted by atomic mass is 9.88. The molecule has 0 N–H and O–H groups in total. The van der Waals surface area contributed by atoms with Crippen molar-refractivity contribution >= 4 is 11.9 Å². The summed E-state index contributed by atoms with van der Waals surface area (Å²) in [7, 11) is 0. The molecule has 0 fully saturated rings. The third kappa shape index (κ3) is 2.92. The largest absolute Gasteiger partial charge is 0.418 e. The molecular formula is C15H16F3NO. The molecule has 2 nitrogen and oxygen atoms in total. The molecule has 0 saturated carbocycles. The van der Waals surface area contributed by atoms with E-state index in [1.54, 1.807) is 0 Å². The van der Waals surface area contributed by atoms with Crippen LogP contribution in [0.5, 0.6) is 0 Å². The zero-order valence-corrected chi connectivity index (χ0v) is 11.3. The first-order valence-electron chi connectivity index (χ1n) is 6.72. The second-order valence-corrected chi connectivity index (χ2v) is 4.88. The van der Waals surface area contributed by atoms with Gasteiger partial charge in [0, 0.05) is 5.69 Å². The van der Waals surface area contributed by atoms with Crippen LogP contribution in [0.1, 0.15) is 49.6 Å². The smallest absolute Gasteiger partial charge is 0.298 e. The van der Waals surface area contributed by atoms with Gasteiger partial charge in [0.2, 0.25) is 0 Å². The van der Waals surface area contributed by atoms with Crippen LogP contribution in [0.25, 0.3) is 5.57 Å². The van der Waals surface area contributed by atoms with Crippen molar-refractivity contribution in [1.82, 2.24) is 4.98 Å². The first-order chi connectivity index (χ1) is 9.47. The van der Waals surface area contributed by atoms with E-state index in [0.29, 0.717) is 42.4 Å². The molecule has 0 aliphatic heterocycles. The Morgan fingerprint density at radius 2 is 1.95 bits per heavy atom. The summed E-state index contributed by atoms with van der Waals surface area (Å²) in [6.07, 6.45) is -0.559. The fourth-order valence-corrected chi connectivity index (χ4v) is 2.48. The van der Waals surface area contributed by atoms with Crippen LogP contribution in [0.4, 0.5) is 13.2 Å². The normalized spacial score (nSPS) is 16.4. The lowest BCUT2D eigenvalue weighted by Gasteiger charge is -2.20. The standard InChI is InChI=1S/C15H16F3NO/c1-2-11-7-8-13(15(16,17)18)14(19-11)12-6-4-3-5-10(12)9-20/h7-9H,2-6H2,1H3. The number of aromatic nitrogens is 1. The van der Waals surface area contributed by atoms with Crippen molar-refractivity contribution in [2.45, 2.75) is 45.2 Å². The minimum Gasteiger partial charge on any atom is -0.298 e. The fourth-order valence-electron chi connectivity index (χ4n) is 2.48. The molecule has 0 aromatic carbocycles. The van der Waals surface area contributed by atoms with Crippen LogP contribution < -0.4 is 0 Å². The Hall–Kier alpha value is -1.65. The lowest BCUT2D eigenvalue weighted by molar-refractivity contribution is -0.138. The highest BCUT2D eigenvalue weighted by Crippen LogP contribution is 2.38. The Bertz CT molecular complexity index is 547. The molecule has 0 saturated heterocycles. The molecule has 1 aliphatic rings. The van der Waals surface area contributed by atoms with E-state index in [0.717, 1.165) is 18.9 Å². The molecule has 0 atom stereocenters. The van der Waals surface area contributed by atoms with Gasteiger partial charge in [-0.2, -0.15) is 13.2 Å². The summed E-state index contributed by atoms with van der Waals surface area (Å²) in [4.78, 5) is 15.2. The average Bonchev–Trinajstić information content (AvgIpc) is 2.45. The Labute approximate surface area is 115 Å². The van der Waals surface area contributed by atoms with Crippen molar-refractivity contribution in [3.63, 3.8) is 0 Å². The maximum Gasteiger partial charge on any atom is 0.418 e. The Morgan fingerprint density at radius 1 is 1.25 bits per heavy atom.